The van der Waals surface area contributed by atoms with Gasteiger partial charge in [-0.2, -0.15) is 0 Å². The molecule has 0 spiro atoms. The molecule has 0 saturated carbocycles. The number of nitrogens with zero attached hydrogens (tertiary/aromatic N) is 1. The molecule has 3 unspecified atom stereocenters. The molecule has 1 heterocycles. The average Bonchev–Trinajstić information content (AvgIpc) is 2.44. The van der Waals surface area contributed by atoms with Gasteiger partial charge in [0.05, 0.1) is 0 Å². The number of halogens is 1. The van der Waals surface area contributed by atoms with Crippen molar-refractivity contribution in [3.8, 4) is 0 Å². The topological polar surface area (TPSA) is 29.3 Å². The molecule has 0 amide bonds. The zero-order chi connectivity index (χ0) is 14.7. The number of benzene rings is 1. The highest BCUT2D eigenvalue weighted by molar-refractivity contribution is 6.31. The molecule has 0 radical (unpaired) electrons. The van der Waals surface area contributed by atoms with Crippen LogP contribution in [0.2, 0.25) is 5.02 Å². The van der Waals surface area contributed by atoms with Crippen molar-refractivity contribution in [1.82, 2.24) is 0 Å². The van der Waals surface area contributed by atoms with Crippen molar-refractivity contribution in [2.75, 3.05) is 18.0 Å². The van der Waals surface area contributed by atoms with Crippen molar-refractivity contribution < 1.29 is 0 Å². The quantitative estimate of drug-likeness (QED) is 0.906. The van der Waals surface area contributed by atoms with Gasteiger partial charge in [-0.15, -0.1) is 0 Å². The molecular weight excluding hydrogens is 268 g/mol. The molecule has 0 bridgehead atoms. The third-order valence-electron chi connectivity index (χ3n) is 4.74. The standard InChI is InChI=1S/C17H27ClN2/c1-4-15(19)9-14-5-6-16(10-17(14)18)20-8-7-12(2)13(3)11-20/h5-6,10,12-13,15H,4,7-9,11,19H2,1-3H3. The van der Waals surface area contributed by atoms with Gasteiger partial charge in [0, 0.05) is 29.8 Å². The number of hydrogen-bond donors (Lipinski definition) is 1. The first kappa shape index (κ1) is 15.7. The summed E-state index contributed by atoms with van der Waals surface area (Å²) in [5.41, 5.74) is 8.44. The first-order chi connectivity index (χ1) is 9.51. The third kappa shape index (κ3) is 3.67. The van der Waals surface area contributed by atoms with Crippen LogP contribution in [0, 0.1) is 11.8 Å². The molecule has 3 atom stereocenters. The maximum Gasteiger partial charge on any atom is 0.0459 e. The summed E-state index contributed by atoms with van der Waals surface area (Å²) in [5, 5.41) is 0.859. The molecule has 1 aliphatic rings. The maximum absolute atomic E-state index is 6.43. The molecule has 20 heavy (non-hydrogen) atoms. The summed E-state index contributed by atoms with van der Waals surface area (Å²) in [6.07, 6.45) is 3.11. The highest BCUT2D eigenvalue weighted by Gasteiger charge is 2.23. The fourth-order valence-electron chi connectivity index (χ4n) is 2.82. The van der Waals surface area contributed by atoms with Crippen LogP contribution >= 0.6 is 11.6 Å². The predicted octanol–water partition coefficient (Wildman–Crippen LogP) is 4.10. The van der Waals surface area contributed by atoms with Crippen molar-refractivity contribution >= 4 is 17.3 Å². The number of nitrogens with two attached hydrogens (primary N) is 1. The zero-order valence-corrected chi connectivity index (χ0v) is 13.7. The van der Waals surface area contributed by atoms with Crippen LogP contribution in [0.5, 0.6) is 0 Å². The summed E-state index contributed by atoms with van der Waals surface area (Å²) >= 11 is 6.43. The first-order valence-electron chi connectivity index (χ1n) is 7.80. The minimum Gasteiger partial charge on any atom is -0.371 e. The smallest absolute Gasteiger partial charge is 0.0459 e. The van der Waals surface area contributed by atoms with Crippen LogP contribution in [-0.2, 0) is 6.42 Å². The molecule has 112 valence electrons. The van der Waals surface area contributed by atoms with E-state index < -0.39 is 0 Å². The van der Waals surface area contributed by atoms with E-state index in [1.807, 2.05) is 0 Å². The Morgan fingerprint density at radius 2 is 2.10 bits per heavy atom. The van der Waals surface area contributed by atoms with Crippen molar-refractivity contribution in [2.24, 2.45) is 17.6 Å². The fourth-order valence-corrected chi connectivity index (χ4v) is 3.07. The van der Waals surface area contributed by atoms with Crippen LogP contribution in [0.4, 0.5) is 5.69 Å². The zero-order valence-electron chi connectivity index (χ0n) is 12.9. The molecular formula is C17H27ClN2. The van der Waals surface area contributed by atoms with Gasteiger partial charge in [0.25, 0.3) is 0 Å². The van der Waals surface area contributed by atoms with Gasteiger partial charge in [-0.05, 0) is 48.8 Å². The van der Waals surface area contributed by atoms with E-state index in [4.69, 9.17) is 17.3 Å². The lowest BCUT2D eigenvalue weighted by molar-refractivity contribution is 0.324. The lowest BCUT2D eigenvalue weighted by Crippen LogP contribution is -2.38. The van der Waals surface area contributed by atoms with E-state index in [2.05, 4.69) is 43.9 Å². The lowest BCUT2D eigenvalue weighted by atomic mass is 9.88. The predicted molar refractivity (Wildman–Crippen MR) is 88.6 cm³/mol. The van der Waals surface area contributed by atoms with E-state index in [1.54, 1.807) is 0 Å². The number of piperidine rings is 1. The molecule has 3 heteroatoms. The van der Waals surface area contributed by atoms with Gasteiger partial charge in [0.15, 0.2) is 0 Å². The summed E-state index contributed by atoms with van der Waals surface area (Å²) in [7, 11) is 0. The van der Waals surface area contributed by atoms with Crippen molar-refractivity contribution in [3.05, 3.63) is 28.8 Å². The van der Waals surface area contributed by atoms with Crippen LogP contribution < -0.4 is 10.6 Å². The SMILES string of the molecule is CCC(N)Cc1ccc(N2CCC(C)C(C)C2)cc1Cl. The van der Waals surface area contributed by atoms with Gasteiger partial charge >= 0.3 is 0 Å². The Morgan fingerprint density at radius 3 is 2.70 bits per heavy atom. The second-order valence-electron chi connectivity index (χ2n) is 6.34. The van der Waals surface area contributed by atoms with Gasteiger partial charge in [-0.25, -0.2) is 0 Å². The number of rotatable bonds is 4. The van der Waals surface area contributed by atoms with E-state index >= 15 is 0 Å². The minimum atomic E-state index is 0.203. The monoisotopic (exact) mass is 294 g/mol. The van der Waals surface area contributed by atoms with Crippen molar-refractivity contribution in [1.29, 1.82) is 0 Å². The lowest BCUT2D eigenvalue weighted by Gasteiger charge is -2.37. The highest BCUT2D eigenvalue weighted by atomic mass is 35.5. The normalized spacial score (nSPS) is 24.8. The minimum absolute atomic E-state index is 0.203. The largest absolute Gasteiger partial charge is 0.371 e. The Bertz CT molecular complexity index is 447. The third-order valence-corrected chi connectivity index (χ3v) is 5.09. The van der Waals surface area contributed by atoms with Crippen molar-refractivity contribution in [2.45, 2.75) is 46.1 Å². The van der Waals surface area contributed by atoms with Gasteiger partial charge in [-0.1, -0.05) is 38.4 Å². The first-order valence-corrected chi connectivity index (χ1v) is 8.18. The molecule has 0 aliphatic carbocycles. The van der Waals surface area contributed by atoms with Crippen LogP contribution in [-0.4, -0.2) is 19.1 Å². The average molecular weight is 295 g/mol. The molecule has 1 aliphatic heterocycles. The highest BCUT2D eigenvalue weighted by Crippen LogP contribution is 2.30. The molecule has 0 aromatic heterocycles. The van der Waals surface area contributed by atoms with Crippen LogP contribution in [0.25, 0.3) is 0 Å². The van der Waals surface area contributed by atoms with E-state index in [0.717, 1.165) is 42.8 Å². The van der Waals surface area contributed by atoms with E-state index in [9.17, 15) is 0 Å². The Labute approximate surface area is 128 Å². The second-order valence-corrected chi connectivity index (χ2v) is 6.74. The van der Waals surface area contributed by atoms with Gasteiger partial charge in [0.1, 0.15) is 0 Å². The summed E-state index contributed by atoms with van der Waals surface area (Å²) in [6, 6.07) is 6.67. The second kappa shape index (κ2) is 6.82. The Hall–Kier alpha value is -0.730. The van der Waals surface area contributed by atoms with Crippen LogP contribution in [0.3, 0.4) is 0 Å². The van der Waals surface area contributed by atoms with E-state index in [0.29, 0.717) is 0 Å². The Balaban J connectivity index is 2.09. The van der Waals surface area contributed by atoms with Crippen LogP contribution in [0.1, 0.15) is 39.2 Å². The summed E-state index contributed by atoms with van der Waals surface area (Å²) in [5.74, 6) is 1.57. The summed E-state index contributed by atoms with van der Waals surface area (Å²) < 4.78 is 0. The Kier molecular flexibility index (Phi) is 5.34. The van der Waals surface area contributed by atoms with E-state index in [-0.39, 0.29) is 6.04 Å². The molecule has 1 fully saturated rings. The van der Waals surface area contributed by atoms with Gasteiger partial charge in [-0.3, -0.25) is 0 Å². The summed E-state index contributed by atoms with van der Waals surface area (Å²) in [4.78, 5) is 2.46. The van der Waals surface area contributed by atoms with E-state index in [1.165, 1.54) is 17.7 Å². The molecule has 2 N–H and O–H groups in total. The maximum atomic E-state index is 6.43. The number of hydrogen-bond acceptors (Lipinski definition) is 2. The van der Waals surface area contributed by atoms with Crippen LogP contribution in [0.15, 0.2) is 18.2 Å². The number of anilines is 1. The van der Waals surface area contributed by atoms with Crippen molar-refractivity contribution in [3.63, 3.8) is 0 Å². The molecule has 1 saturated heterocycles. The molecule has 1 aromatic carbocycles. The fraction of sp³-hybridized carbons (Fsp3) is 0.647. The molecule has 2 rings (SSSR count). The Morgan fingerprint density at radius 1 is 1.35 bits per heavy atom. The molecule has 2 nitrogen and oxygen atoms in total. The van der Waals surface area contributed by atoms with Gasteiger partial charge in [0.2, 0.25) is 0 Å². The molecule has 1 aromatic rings. The van der Waals surface area contributed by atoms with Gasteiger partial charge < -0.3 is 10.6 Å². The summed E-state index contributed by atoms with van der Waals surface area (Å²) in [6.45, 7) is 9.07.